The topological polar surface area (TPSA) is 22.1 Å². The number of hydrogen-bond donors (Lipinski definition) is 0. The van der Waals surface area contributed by atoms with E-state index in [2.05, 4.69) is 71.7 Å². The smallest absolute Gasteiger partial charge is 0.118 e. The molecule has 1 aromatic heterocycles. The quantitative estimate of drug-likeness (QED) is 0.467. The molecule has 0 aliphatic rings. The van der Waals surface area contributed by atoms with Crippen LogP contribution in [-0.2, 0) is 0 Å². The van der Waals surface area contributed by atoms with Crippen LogP contribution >= 0.6 is 0 Å². The average Bonchev–Trinajstić information content (AvgIpc) is 2.70. The van der Waals surface area contributed by atoms with E-state index in [1.807, 2.05) is 24.4 Å². The second-order valence-corrected chi connectivity index (χ2v) is 6.04. The molecule has 3 aromatic carbocycles. The standard InChI is InChI=1S/C23H19NO/c1-25-20-14-12-18(13-15-20)22(17-7-3-2-4-8-17)21-11-5-9-19-10-6-16-24-23(19)21/h2-16,22H,1H3/t22-/m1/s1. The lowest BCUT2D eigenvalue weighted by molar-refractivity contribution is 0.414. The summed E-state index contributed by atoms with van der Waals surface area (Å²) >= 11 is 0. The molecular weight excluding hydrogens is 306 g/mol. The number of hydrogen-bond acceptors (Lipinski definition) is 2. The van der Waals surface area contributed by atoms with E-state index in [0.717, 1.165) is 16.7 Å². The van der Waals surface area contributed by atoms with Gasteiger partial charge in [0, 0.05) is 17.5 Å². The van der Waals surface area contributed by atoms with Crippen LogP contribution in [-0.4, -0.2) is 12.1 Å². The van der Waals surface area contributed by atoms with Crippen LogP contribution in [0.3, 0.4) is 0 Å². The maximum atomic E-state index is 5.32. The zero-order valence-corrected chi connectivity index (χ0v) is 14.1. The largest absolute Gasteiger partial charge is 0.497 e. The van der Waals surface area contributed by atoms with Crippen LogP contribution in [0.5, 0.6) is 5.75 Å². The van der Waals surface area contributed by atoms with Crippen molar-refractivity contribution in [1.82, 2.24) is 4.98 Å². The van der Waals surface area contributed by atoms with E-state index in [1.54, 1.807) is 7.11 Å². The molecule has 0 aliphatic carbocycles. The van der Waals surface area contributed by atoms with E-state index in [0.29, 0.717) is 0 Å². The predicted octanol–water partition coefficient (Wildman–Crippen LogP) is 5.42. The molecule has 0 saturated carbocycles. The number of methoxy groups -OCH3 is 1. The van der Waals surface area contributed by atoms with Gasteiger partial charge in [0.05, 0.1) is 12.6 Å². The molecule has 4 aromatic rings. The SMILES string of the molecule is COc1ccc([C@@H](c2ccccc2)c2cccc3cccnc23)cc1. The first-order valence-corrected chi connectivity index (χ1v) is 8.39. The number of pyridine rings is 1. The number of rotatable bonds is 4. The fourth-order valence-corrected chi connectivity index (χ4v) is 3.35. The van der Waals surface area contributed by atoms with E-state index in [1.165, 1.54) is 16.7 Å². The molecule has 0 aliphatic heterocycles. The molecule has 0 amide bonds. The summed E-state index contributed by atoms with van der Waals surface area (Å²) in [6.45, 7) is 0. The summed E-state index contributed by atoms with van der Waals surface area (Å²) < 4.78 is 5.32. The molecule has 0 radical (unpaired) electrons. The van der Waals surface area contributed by atoms with Crippen LogP contribution in [0.1, 0.15) is 22.6 Å². The fourth-order valence-electron chi connectivity index (χ4n) is 3.35. The lowest BCUT2D eigenvalue weighted by atomic mass is 9.84. The Kier molecular flexibility index (Phi) is 4.17. The molecule has 0 fully saturated rings. The van der Waals surface area contributed by atoms with Gasteiger partial charge in [0.15, 0.2) is 0 Å². The summed E-state index contributed by atoms with van der Waals surface area (Å²) in [5.41, 5.74) is 4.75. The van der Waals surface area contributed by atoms with Crippen LogP contribution in [0.2, 0.25) is 0 Å². The second kappa shape index (κ2) is 6.78. The van der Waals surface area contributed by atoms with Crippen LogP contribution in [0.15, 0.2) is 91.1 Å². The maximum Gasteiger partial charge on any atom is 0.118 e. The minimum atomic E-state index is 0.130. The summed E-state index contributed by atoms with van der Waals surface area (Å²) in [6, 6.07) is 29.4. The Hall–Kier alpha value is -3.13. The highest BCUT2D eigenvalue weighted by Gasteiger charge is 2.19. The van der Waals surface area contributed by atoms with Crippen molar-refractivity contribution in [3.8, 4) is 5.75 Å². The van der Waals surface area contributed by atoms with Gasteiger partial charge in [0.2, 0.25) is 0 Å². The lowest BCUT2D eigenvalue weighted by Crippen LogP contribution is -2.05. The molecule has 1 heterocycles. The number of aromatic nitrogens is 1. The number of fused-ring (bicyclic) bond motifs is 1. The summed E-state index contributed by atoms with van der Waals surface area (Å²) in [6.07, 6.45) is 1.86. The normalized spacial score (nSPS) is 12.0. The van der Waals surface area contributed by atoms with Crippen molar-refractivity contribution in [3.05, 3.63) is 108 Å². The summed E-state index contributed by atoms with van der Waals surface area (Å²) in [7, 11) is 1.69. The lowest BCUT2D eigenvalue weighted by Gasteiger charge is -2.20. The Morgan fingerprint density at radius 3 is 2.20 bits per heavy atom. The number of para-hydroxylation sites is 1. The Balaban J connectivity index is 1.93. The monoisotopic (exact) mass is 325 g/mol. The minimum absolute atomic E-state index is 0.130. The van der Waals surface area contributed by atoms with Gasteiger partial charge in [-0.15, -0.1) is 0 Å². The number of benzene rings is 3. The number of nitrogens with zero attached hydrogens (tertiary/aromatic N) is 1. The van der Waals surface area contributed by atoms with Crippen LogP contribution in [0, 0.1) is 0 Å². The molecule has 25 heavy (non-hydrogen) atoms. The first-order valence-electron chi connectivity index (χ1n) is 8.39. The van der Waals surface area contributed by atoms with Gasteiger partial charge in [-0.3, -0.25) is 4.98 Å². The maximum absolute atomic E-state index is 5.32. The first-order chi connectivity index (χ1) is 12.4. The Morgan fingerprint density at radius 1 is 0.720 bits per heavy atom. The summed E-state index contributed by atoms with van der Waals surface area (Å²) in [4.78, 5) is 4.66. The average molecular weight is 325 g/mol. The highest BCUT2D eigenvalue weighted by atomic mass is 16.5. The molecule has 122 valence electrons. The van der Waals surface area contributed by atoms with Crippen molar-refractivity contribution in [2.75, 3.05) is 7.11 Å². The van der Waals surface area contributed by atoms with Crippen molar-refractivity contribution in [2.45, 2.75) is 5.92 Å². The zero-order valence-electron chi connectivity index (χ0n) is 14.1. The van der Waals surface area contributed by atoms with Gasteiger partial charge in [0.1, 0.15) is 5.75 Å². The predicted molar refractivity (Wildman–Crippen MR) is 102 cm³/mol. The van der Waals surface area contributed by atoms with Crippen LogP contribution < -0.4 is 4.74 Å². The molecular formula is C23H19NO. The Labute approximate surface area is 147 Å². The van der Waals surface area contributed by atoms with E-state index in [-0.39, 0.29) is 5.92 Å². The van der Waals surface area contributed by atoms with Gasteiger partial charge in [0.25, 0.3) is 0 Å². The molecule has 0 unspecified atom stereocenters. The third-order valence-corrected chi connectivity index (χ3v) is 4.56. The van der Waals surface area contributed by atoms with Crippen molar-refractivity contribution in [3.63, 3.8) is 0 Å². The van der Waals surface area contributed by atoms with Gasteiger partial charge in [-0.1, -0.05) is 66.7 Å². The van der Waals surface area contributed by atoms with Gasteiger partial charge < -0.3 is 4.74 Å². The van der Waals surface area contributed by atoms with Crippen molar-refractivity contribution in [2.24, 2.45) is 0 Å². The Bertz CT molecular complexity index is 972. The first kappa shape index (κ1) is 15.4. The van der Waals surface area contributed by atoms with Crippen molar-refractivity contribution >= 4 is 10.9 Å². The Morgan fingerprint density at radius 2 is 1.44 bits per heavy atom. The molecule has 0 spiro atoms. The highest BCUT2D eigenvalue weighted by Crippen LogP contribution is 2.35. The molecule has 2 nitrogen and oxygen atoms in total. The molecule has 1 atom stereocenters. The van der Waals surface area contributed by atoms with Gasteiger partial charge >= 0.3 is 0 Å². The molecule has 0 saturated heterocycles. The van der Waals surface area contributed by atoms with E-state index in [9.17, 15) is 0 Å². The second-order valence-electron chi connectivity index (χ2n) is 6.04. The third-order valence-electron chi connectivity index (χ3n) is 4.56. The van der Waals surface area contributed by atoms with Crippen molar-refractivity contribution < 1.29 is 4.74 Å². The van der Waals surface area contributed by atoms with Gasteiger partial charge in [-0.25, -0.2) is 0 Å². The van der Waals surface area contributed by atoms with Gasteiger partial charge in [-0.2, -0.15) is 0 Å². The third kappa shape index (κ3) is 2.99. The minimum Gasteiger partial charge on any atom is -0.497 e. The summed E-state index contributed by atoms with van der Waals surface area (Å²) in [5.74, 6) is 0.998. The molecule has 0 bridgehead atoms. The highest BCUT2D eigenvalue weighted by molar-refractivity contribution is 5.83. The number of ether oxygens (including phenoxy) is 1. The molecule has 0 N–H and O–H groups in total. The van der Waals surface area contributed by atoms with Crippen LogP contribution in [0.25, 0.3) is 10.9 Å². The summed E-state index contributed by atoms with van der Waals surface area (Å²) in [5, 5.41) is 1.16. The van der Waals surface area contributed by atoms with Gasteiger partial charge in [-0.05, 0) is 34.9 Å². The van der Waals surface area contributed by atoms with E-state index < -0.39 is 0 Å². The zero-order chi connectivity index (χ0) is 17.1. The van der Waals surface area contributed by atoms with E-state index >= 15 is 0 Å². The molecule has 2 heteroatoms. The van der Waals surface area contributed by atoms with E-state index in [4.69, 9.17) is 4.74 Å². The molecule has 4 rings (SSSR count). The van der Waals surface area contributed by atoms with Crippen molar-refractivity contribution in [1.29, 1.82) is 0 Å². The van der Waals surface area contributed by atoms with Crippen LogP contribution in [0.4, 0.5) is 0 Å². The fraction of sp³-hybridized carbons (Fsp3) is 0.0870.